The molecule has 0 aliphatic carbocycles. The Labute approximate surface area is 185 Å². The molecule has 0 bridgehead atoms. The number of carbonyl (C=O) groups is 2. The van der Waals surface area contributed by atoms with Crippen molar-refractivity contribution in [3.8, 4) is 5.75 Å². The van der Waals surface area contributed by atoms with Crippen molar-refractivity contribution in [3.05, 3.63) is 69.2 Å². The molecule has 0 saturated heterocycles. The Morgan fingerprint density at radius 1 is 1.00 bits per heavy atom. The average molecular weight is 439 g/mol. The number of urea groups is 1. The summed E-state index contributed by atoms with van der Waals surface area (Å²) in [4.78, 5) is 29.8. The maximum Gasteiger partial charge on any atom is 0.321 e. The Bertz CT molecular complexity index is 1080. The Hall–Kier alpha value is -3.39. The lowest BCUT2D eigenvalue weighted by Gasteiger charge is -2.12. The lowest BCUT2D eigenvalue weighted by Crippen LogP contribution is -2.28. The summed E-state index contributed by atoms with van der Waals surface area (Å²) in [5.41, 5.74) is 5.46. The first-order chi connectivity index (χ1) is 14.8. The van der Waals surface area contributed by atoms with Crippen molar-refractivity contribution in [2.75, 3.05) is 17.7 Å². The Morgan fingerprint density at radius 2 is 1.65 bits per heavy atom. The fraction of sp³-hybridized carbons (Fsp3) is 0.261. The van der Waals surface area contributed by atoms with E-state index in [-0.39, 0.29) is 11.9 Å². The number of anilines is 2. The number of benzene rings is 2. The van der Waals surface area contributed by atoms with Crippen molar-refractivity contribution in [2.45, 2.75) is 34.2 Å². The molecule has 3 N–H and O–H groups in total. The highest BCUT2D eigenvalue weighted by atomic mass is 32.1. The minimum Gasteiger partial charge on any atom is -0.497 e. The summed E-state index contributed by atoms with van der Waals surface area (Å²) in [6.07, 6.45) is 0. The second kappa shape index (κ2) is 9.61. The van der Waals surface area contributed by atoms with Crippen molar-refractivity contribution in [2.24, 2.45) is 0 Å². The molecule has 7 nitrogen and oxygen atoms in total. The molecule has 162 valence electrons. The number of aromatic nitrogens is 1. The minimum atomic E-state index is -0.387. The van der Waals surface area contributed by atoms with E-state index in [1.807, 2.05) is 57.2 Å². The first-order valence-electron chi connectivity index (χ1n) is 9.81. The van der Waals surface area contributed by atoms with Crippen molar-refractivity contribution >= 4 is 34.1 Å². The van der Waals surface area contributed by atoms with Gasteiger partial charge in [-0.1, -0.05) is 41.2 Å². The van der Waals surface area contributed by atoms with Crippen LogP contribution in [-0.4, -0.2) is 24.0 Å². The predicted octanol–water partition coefficient (Wildman–Crippen LogP) is 4.96. The quantitative estimate of drug-likeness (QED) is 0.507. The van der Waals surface area contributed by atoms with E-state index in [4.69, 9.17) is 4.74 Å². The maximum atomic E-state index is 12.8. The van der Waals surface area contributed by atoms with Gasteiger partial charge in [0.1, 0.15) is 10.6 Å². The van der Waals surface area contributed by atoms with E-state index in [0.717, 1.165) is 45.0 Å². The van der Waals surface area contributed by atoms with Crippen LogP contribution in [0.25, 0.3) is 0 Å². The van der Waals surface area contributed by atoms with Gasteiger partial charge in [0, 0.05) is 12.2 Å². The SMILES string of the molecule is COc1ccc(CNC(=O)Nc2nc(C)c(C(=O)Nc3c(C)cc(C)cc3C)s2)cc1. The number of carbonyl (C=O) groups excluding carboxylic acids is 2. The van der Waals surface area contributed by atoms with Crippen LogP contribution in [0.1, 0.15) is 37.6 Å². The number of amides is 3. The predicted molar refractivity (Wildman–Crippen MR) is 124 cm³/mol. The number of methoxy groups -OCH3 is 1. The molecule has 1 heterocycles. The van der Waals surface area contributed by atoms with Crippen LogP contribution in [0.5, 0.6) is 5.75 Å². The number of hydrogen-bond donors (Lipinski definition) is 3. The molecule has 0 aliphatic heterocycles. The van der Waals surface area contributed by atoms with E-state index < -0.39 is 0 Å². The normalized spacial score (nSPS) is 10.5. The second-order valence-corrected chi connectivity index (χ2v) is 8.32. The van der Waals surface area contributed by atoms with Gasteiger partial charge in [0.05, 0.1) is 12.8 Å². The van der Waals surface area contributed by atoms with Gasteiger partial charge in [-0.25, -0.2) is 9.78 Å². The summed E-state index contributed by atoms with van der Waals surface area (Å²) in [5, 5.41) is 8.82. The van der Waals surface area contributed by atoms with Crippen LogP contribution < -0.4 is 20.7 Å². The van der Waals surface area contributed by atoms with Crippen LogP contribution in [0.2, 0.25) is 0 Å². The number of rotatable bonds is 6. The van der Waals surface area contributed by atoms with E-state index in [1.165, 1.54) is 0 Å². The average Bonchev–Trinajstić information content (AvgIpc) is 3.09. The van der Waals surface area contributed by atoms with Crippen molar-refractivity contribution in [1.82, 2.24) is 10.3 Å². The van der Waals surface area contributed by atoms with Crippen LogP contribution >= 0.6 is 11.3 Å². The van der Waals surface area contributed by atoms with Crippen LogP contribution in [0.4, 0.5) is 15.6 Å². The zero-order chi connectivity index (χ0) is 22.5. The molecule has 0 radical (unpaired) electrons. The monoisotopic (exact) mass is 438 g/mol. The number of hydrogen-bond acceptors (Lipinski definition) is 5. The first kappa shape index (κ1) is 22.3. The van der Waals surface area contributed by atoms with Crippen molar-refractivity contribution < 1.29 is 14.3 Å². The topological polar surface area (TPSA) is 92.3 Å². The van der Waals surface area contributed by atoms with Gasteiger partial charge in [0.15, 0.2) is 5.13 Å². The molecule has 0 saturated carbocycles. The highest BCUT2D eigenvalue weighted by molar-refractivity contribution is 7.17. The summed E-state index contributed by atoms with van der Waals surface area (Å²) >= 11 is 1.15. The zero-order valence-corrected chi connectivity index (χ0v) is 19.1. The molecule has 3 rings (SSSR count). The number of nitrogens with one attached hydrogen (secondary N) is 3. The summed E-state index contributed by atoms with van der Waals surface area (Å²) < 4.78 is 5.12. The van der Waals surface area contributed by atoms with Gasteiger partial charge in [-0.2, -0.15) is 0 Å². The van der Waals surface area contributed by atoms with E-state index in [0.29, 0.717) is 22.2 Å². The molecule has 0 fully saturated rings. The van der Waals surface area contributed by atoms with Gasteiger partial charge in [0.2, 0.25) is 0 Å². The smallest absolute Gasteiger partial charge is 0.321 e. The lowest BCUT2D eigenvalue weighted by atomic mass is 10.1. The Kier molecular flexibility index (Phi) is 6.91. The summed E-state index contributed by atoms with van der Waals surface area (Å²) in [5.74, 6) is 0.519. The molecular weight excluding hydrogens is 412 g/mol. The van der Waals surface area contributed by atoms with Crippen LogP contribution in [-0.2, 0) is 6.54 Å². The third kappa shape index (κ3) is 5.61. The Morgan fingerprint density at radius 3 is 2.26 bits per heavy atom. The highest BCUT2D eigenvalue weighted by Gasteiger charge is 2.18. The lowest BCUT2D eigenvalue weighted by molar-refractivity contribution is 0.102. The second-order valence-electron chi connectivity index (χ2n) is 7.32. The van der Waals surface area contributed by atoms with E-state index in [9.17, 15) is 9.59 Å². The summed E-state index contributed by atoms with van der Waals surface area (Å²) in [6.45, 7) is 8.07. The molecule has 3 amide bonds. The van der Waals surface area contributed by atoms with Crippen LogP contribution in [0, 0.1) is 27.7 Å². The van der Waals surface area contributed by atoms with E-state index in [2.05, 4.69) is 20.9 Å². The van der Waals surface area contributed by atoms with Crippen molar-refractivity contribution in [3.63, 3.8) is 0 Å². The third-order valence-corrected chi connectivity index (χ3v) is 5.82. The molecule has 0 unspecified atom stereocenters. The van der Waals surface area contributed by atoms with Crippen LogP contribution in [0.3, 0.4) is 0 Å². The minimum absolute atomic E-state index is 0.239. The van der Waals surface area contributed by atoms with Crippen LogP contribution in [0.15, 0.2) is 36.4 Å². The van der Waals surface area contributed by atoms with Gasteiger partial charge in [-0.3, -0.25) is 10.1 Å². The standard InChI is InChI=1S/C23H26N4O3S/c1-13-10-14(2)19(15(3)11-13)26-21(28)20-16(4)25-23(31-20)27-22(29)24-12-17-6-8-18(30-5)9-7-17/h6-11H,12H2,1-5H3,(H,26,28)(H2,24,25,27,29). The van der Waals surface area contributed by atoms with E-state index in [1.54, 1.807) is 14.0 Å². The van der Waals surface area contributed by atoms with Crippen molar-refractivity contribution in [1.29, 1.82) is 0 Å². The molecule has 31 heavy (non-hydrogen) atoms. The molecular formula is C23H26N4O3S. The highest BCUT2D eigenvalue weighted by Crippen LogP contribution is 2.26. The fourth-order valence-corrected chi connectivity index (χ4v) is 4.13. The summed E-state index contributed by atoms with van der Waals surface area (Å²) in [6, 6.07) is 11.1. The number of ether oxygens (including phenoxy) is 1. The molecule has 0 spiro atoms. The molecule has 2 aromatic carbocycles. The summed E-state index contributed by atoms with van der Waals surface area (Å²) in [7, 11) is 1.61. The fourth-order valence-electron chi connectivity index (χ4n) is 3.28. The molecule has 0 atom stereocenters. The van der Waals surface area contributed by atoms with Gasteiger partial charge in [-0.05, 0) is 56.5 Å². The van der Waals surface area contributed by atoms with E-state index >= 15 is 0 Å². The molecule has 8 heteroatoms. The third-order valence-electron chi connectivity index (χ3n) is 4.75. The molecule has 0 aliphatic rings. The molecule has 3 aromatic rings. The van der Waals surface area contributed by atoms with Gasteiger partial charge < -0.3 is 15.4 Å². The van der Waals surface area contributed by atoms with Gasteiger partial charge in [0.25, 0.3) is 5.91 Å². The van der Waals surface area contributed by atoms with Gasteiger partial charge in [-0.15, -0.1) is 0 Å². The Balaban J connectivity index is 1.62. The zero-order valence-electron chi connectivity index (χ0n) is 18.3. The number of aryl methyl sites for hydroxylation is 4. The molecule has 1 aromatic heterocycles. The maximum absolute atomic E-state index is 12.8. The largest absolute Gasteiger partial charge is 0.497 e. The number of thiazole rings is 1. The number of nitrogens with zero attached hydrogens (tertiary/aromatic N) is 1. The van der Waals surface area contributed by atoms with Gasteiger partial charge >= 0.3 is 6.03 Å². The first-order valence-corrected chi connectivity index (χ1v) is 10.6.